The minimum Gasteiger partial charge on any atom is -0.329 e. The summed E-state index contributed by atoms with van der Waals surface area (Å²) in [5, 5.41) is 5.66. The van der Waals surface area contributed by atoms with Crippen LogP contribution in [0.15, 0.2) is 42.5 Å². The van der Waals surface area contributed by atoms with Gasteiger partial charge in [0.05, 0.1) is 28.7 Å². The fourth-order valence-corrected chi connectivity index (χ4v) is 2.81. The van der Waals surface area contributed by atoms with E-state index in [1.165, 1.54) is 0 Å². The van der Waals surface area contributed by atoms with E-state index in [4.69, 9.17) is 23.2 Å². The van der Waals surface area contributed by atoms with Gasteiger partial charge in [-0.25, -0.2) is 4.79 Å². The summed E-state index contributed by atoms with van der Waals surface area (Å²) in [6, 6.07) is 11.3. The van der Waals surface area contributed by atoms with E-state index >= 15 is 0 Å². The lowest BCUT2D eigenvalue weighted by Crippen LogP contribution is -2.30. The molecule has 128 valence electrons. The molecule has 1 aliphatic heterocycles. The molecular weight excluding hydrogens is 365 g/mol. The van der Waals surface area contributed by atoms with Gasteiger partial charge in [-0.15, -0.1) is 0 Å². The second kappa shape index (κ2) is 7.13. The van der Waals surface area contributed by atoms with Crippen molar-refractivity contribution in [3.63, 3.8) is 0 Å². The van der Waals surface area contributed by atoms with E-state index < -0.39 is 11.9 Å². The van der Waals surface area contributed by atoms with Crippen LogP contribution in [0.3, 0.4) is 0 Å². The summed E-state index contributed by atoms with van der Waals surface area (Å²) in [5.41, 5.74) is 1.49. The monoisotopic (exact) mass is 377 g/mol. The van der Waals surface area contributed by atoms with Gasteiger partial charge in [0.2, 0.25) is 5.91 Å². The molecule has 0 spiro atoms. The Morgan fingerprint density at radius 1 is 1.16 bits per heavy atom. The van der Waals surface area contributed by atoms with Gasteiger partial charge in [-0.3, -0.25) is 14.5 Å². The second-order valence-electron chi connectivity index (χ2n) is 5.39. The lowest BCUT2D eigenvalue weighted by atomic mass is 10.1. The molecule has 1 fully saturated rings. The zero-order valence-electron chi connectivity index (χ0n) is 12.9. The molecule has 0 radical (unpaired) electrons. The molecule has 0 aromatic heterocycles. The van der Waals surface area contributed by atoms with Gasteiger partial charge in [0.25, 0.3) is 5.91 Å². The molecular formula is C17H13Cl2N3O3. The minimum atomic E-state index is -0.426. The Labute approximate surface area is 153 Å². The van der Waals surface area contributed by atoms with E-state index in [1.54, 1.807) is 42.5 Å². The minimum absolute atomic E-state index is 0.00251. The Kier molecular flexibility index (Phi) is 4.92. The van der Waals surface area contributed by atoms with Crippen LogP contribution in [0.1, 0.15) is 15.9 Å². The summed E-state index contributed by atoms with van der Waals surface area (Å²) >= 11 is 12.0. The predicted molar refractivity (Wildman–Crippen MR) is 94.8 cm³/mol. The van der Waals surface area contributed by atoms with Gasteiger partial charge >= 0.3 is 6.03 Å². The fourth-order valence-electron chi connectivity index (χ4n) is 2.42. The molecule has 3 rings (SSSR count). The van der Waals surface area contributed by atoms with E-state index in [2.05, 4.69) is 10.6 Å². The highest BCUT2D eigenvalue weighted by molar-refractivity contribution is 6.44. The third-order valence-electron chi connectivity index (χ3n) is 3.66. The summed E-state index contributed by atoms with van der Waals surface area (Å²) in [4.78, 5) is 36.7. The molecule has 8 heteroatoms. The van der Waals surface area contributed by atoms with Crippen molar-refractivity contribution in [1.82, 2.24) is 10.2 Å². The van der Waals surface area contributed by atoms with Crippen molar-refractivity contribution in [3.8, 4) is 0 Å². The third-order valence-corrected chi connectivity index (χ3v) is 4.48. The maximum absolute atomic E-state index is 12.4. The molecule has 25 heavy (non-hydrogen) atoms. The average molecular weight is 378 g/mol. The van der Waals surface area contributed by atoms with E-state index in [1.807, 2.05) is 0 Å². The van der Waals surface area contributed by atoms with Gasteiger partial charge in [0.1, 0.15) is 0 Å². The van der Waals surface area contributed by atoms with Crippen LogP contribution in [0, 0.1) is 0 Å². The maximum Gasteiger partial charge on any atom is 0.324 e. The zero-order chi connectivity index (χ0) is 18.0. The highest BCUT2D eigenvalue weighted by Gasteiger charge is 2.28. The summed E-state index contributed by atoms with van der Waals surface area (Å²) in [6.45, 7) is 0.134. The second-order valence-corrected chi connectivity index (χ2v) is 6.18. The molecule has 1 heterocycles. The Hall–Kier alpha value is -2.57. The standard InChI is InChI=1S/C17H13Cl2N3O3/c18-13-6-2-5-12(15(13)19)16(24)21-11-4-1-3-10(7-11)9-22-14(23)8-20-17(22)25/h1-7H,8-9H2,(H,20,25)(H,21,24). The molecule has 2 aromatic rings. The highest BCUT2D eigenvalue weighted by atomic mass is 35.5. The first-order valence-corrected chi connectivity index (χ1v) is 8.14. The highest BCUT2D eigenvalue weighted by Crippen LogP contribution is 2.26. The predicted octanol–water partition coefficient (Wildman–Crippen LogP) is 3.30. The Morgan fingerprint density at radius 2 is 1.92 bits per heavy atom. The number of carbonyl (C=O) groups is 3. The van der Waals surface area contributed by atoms with Crippen molar-refractivity contribution in [1.29, 1.82) is 0 Å². The molecule has 0 atom stereocenters. The number of halogens is 2. The number of benzene rings is 2. The van der Waals surface area contributed by atoms with Crippen LogP contribution < -0.4 is 10.6 Å². The Balaban J connectivity index is 1.75. The fraction of sp³-hybridized carbons (Fsp3) is 0.118. The number of urea groups is 1. The first-order chi connectivity index (χ1) is 12.0. The van der Waals surface area contributed by atoms with Crippen molar-refractivity contribution in [2.45, 2.75) is 6.54 Å². The number of rotatable bonds is 4. The lowest BCUT2D eigenvalue weighted by molar-refractivity contribution is -0.125. The van der Waals surface area contributed by atoms with E-state index in [0.717, 1.165) is 4.90 Å². The third kappa shape index (κ3) is 3.75. The summed E-state index contributed by atoms with van der Waals surface area (Å²) in [7, 11) is 0. The normalized spacial score (nSPS) is 13.8. The van der Waals surface area contributed by atoms with Gasteiger partial charge < -0.3 is 10.6 Å². The number of hydrogen-bond acceptors (Lipinski definition) is 3. The molecule has 4 amide bonds. The van der Waals surface area contributed by atoms with Crippen LogP contribution in [0.2, 0.25) is 10.0 Å². The first kappa shape index (κ1) is 17.3. The smallest absolute Gasteiger partial charge is 0.324 e. The van der Waals surface area contributed by atoms with Crippen LogP contribution in [0.25, 0.3) is 0 Å². The first-order valence-electron chi connectivity index (χ1n) is 7.38. The van der Waals surface area contributed by atoms with E-state index in [-0.39, 0.29) is 29.6 Å². The number of hydrogen-bond donors (Lipinski definition) is 2. The molecule has 2 aromatic carbocycles. The number of imide groups is 1. The zero-order valence-corrected chi connectivity index (χ0v) is 14.4. The maximum atomic E-state index is 12.4. The summed E-state index contributed by atoms with van der Waals surface area (Å²) < 4.78 is 0. The Bertz CT molecular complexity index is 854. The van der Waals surface area contributed by atoms with Gasteiger partial charge in [-0.1, -0.05) is 41.4 Å². The van der Waals surface area contributed by atoms with Gasteiger partial charge in [0, 0.05) is 5.69 Å². The molecule has 0 bridgehead atoms. The lowest BCUT2D eigenvalue weighted by Gasteiger charge is -2.13. The molecule has 1 saturated heterocycles. The van der Waals surface area contributed by atoms with Gasteiger partial charge in [-0.05, 0) is 29.8 Å². The van der Waals surface area contributed by atoms with Crippen LogP contribution in [0.4, 0.5) is 10.5 Å². The van der Waals surface area contributed by atoms with Crippen molar-refractivity contribution < 1.29 is 14.4 Å². The quantitative estimate of drug-likeness (QED) is 0.802. The molecule has 0 unspecified atom stereocenters. The van der Waals surface area contributed by atoms with Crippen molar-refractivity contribution >= 4 is 46.7 Å². The molecule has 0 saturated carbocycles. The number of anilines is 1. The molecule has 6 nitrogen and oxygen atoms in total. The number of amides is 4. The van der Waals surface area contributed by atoms with Crippen LogP contribution in [0.5, 0.6) is 0 Å². The van der Waals surface area contributed by atoms with Gasteiger partial charge in [-0.2, -0.15) is 0 Å². The molecule has 1 aliphatic rings. The van der Waals surface area contributed by atoms with Crippen molar-refractivity contribution in [3.05, 3.63) is 63.6 Å². The number of nitrogens with one attached hydrogen (secondary N) is 2. The number of carbonyl (C=O) groups excluding carboxylic acids is 3. The summed E-state index contributed by atoms with van der Waals surface area (Å²) in [5.74, 6) is -0.690. The van der Waals surface area contributed by atoms with Crippen LogP contribution >= 0.6 is 23.2 Å². The molecule has 0 aliphatic carbocycles. The Morgan fingerprint density at radius 3 is 2.64 bits per heavy atom. The number of nitrogens with zero attached hydrogens (tertiary/aromatic N) is 1. The topological polar surface area (TPSA) is 78.5 Å². The largest absolute Gasteiger partial charge is 0.329 e. The van der Waals surface area contributed by atoms with E-state index in [9.17, 15) is 14.4 Å². The van der Waals surface area contributed by atoms with Gasteiger partial charge in [0.15, 0.2) is 0 Å². The summed E-state index contributed by atoms with van der Waals surface area (Å²) in [6.07, 6.45) is 0. The van der Waals surface area contributed by atoms with Crippen molar-refractivity contribution in [2.24, 2.45) is 0 Å². The average Bonchev–Trinajstić information content (AvgIpc) is 2.89. The van der Waals surface area contributed by atoms with Crippen LogP contribution in [-0.2, 0) is 11.3 Å². The van der Waals surface area contributed by atoms with Crippen molar-refractivity contribution in [2.75, 3.05) is 11.9 Å². The SMILES string of the molecule is O=C(Nc1cccc(CN2C(=O)CNC2=O)c1)c1cccc(Cl)c1Cl. The van der Waals surface area contributed by atoms with Crippen LogP contribution in [-0.4, -0.2) is 29.3 Å². The van der Waals surface area contributed by atoms with E-state index in [0.29, 0.717) is 16.3 Å². The molecule has 2 N–H and O–H groups in total.